The van der Waals surface area contributed by atoms with Gasteiger partial charge in [0.2, 0.25) is 11.2 Å². The third kappa shape index (κ3) is 5.05. The van der Waals surface area contributed by atoms with E-state index < -0.39 is 88.1 Å². The maximum Gasteiger partial charge on any atom is 0.472 e. The van der Waals surface area contributed by atoms with Crippen LogP contribution in [0.2, 0.25) is 5.28 Å². The van der Waals surface area contributed by atoms with Crippen molar-refractivity contribution in [2.75, 3.05) is 24.7 Å². The Morgan fingerprint density at radius 1 is 0.957 bits per heavy atom. The second kappa shape index (κ2) is 10.7. The van der Waals surface area contributed by atoms with Gasteiger partial charge in [0.25, 0.3) is 5.56 Å². The first-order valence-corrected chi connectivity index (χ1v) is 17.9. The van der Waals surface area contributed by atoms with Gasteiger partial charge in [0, 0.05) is 5.92 Å². The summed E-state index contributed by atoms with van der Waals surface area (Å²) in [5, 5.41) is 11.0. The zero-order valence-electron chi connectivity index (χ0n) is 22.8. The smallest absolute Gasteiger partial charge is 0.387 e. The SMILES string of the molecule is Nc1nc2c(ncn2[C@@H]2O[C@@H]3COP(=O)(O)OC4C5C(O[C@@H]4COP(O)(=S)OC2C3O)[C@H]5n2cnc3c(N)nc(Cl)nc32)c(=O)[nH]1. The highest BCUT2D eigenvalue weighted by Gasteiger charge is 2.67. The Balaban J connectivity index is 1.08. The average Bonchev–Trinajstić information content (AvgIpc) is 3.36. The van der Waals surface area contributed by atoms with Crippen molar-refractivity contribution in [3.63, 3.8) is 0 Å². The number of H-pyrrole nitrogens is 1. The Labute approximate surface area is 265 Å². The van der Waals surface area contributed by atoms with E-state index in [0.717, 1.165) is 0 Å². The van der Waals surface area contributed by atoms with Gasteiger partial charge in [0.05, 0.1) is 38.0 Å². The fourth-order valence-corrected chi connectivity index (χ4v) is 8.70. The molecule has 25 heteroatoms. The number of ether oxygens (including phenoxy) is 2. The molecule has 8 N–H and O–H groups in total. The molecule has 4 fully saturated rings. The van der Waals surface area contributed by atoms with Crippen molar-refractivity contribution >= 4 is 72.0 Å². The van der Waals surface area contributed by atoms with Gasteiger partial charge in [-0.25, -0.2) is 14.5 Å². The Bertz CT molecular complexity index is 2050. The number of fused-ring (bicyclic) bond motifs is 7. The number of aliphatic hydroxyl groups is 1. The first kappa shape index (κ1) is 30.6. The summed E-state index contributed by atoms with van der Waals surface area (Å²) in [6.07, 6.45) is -5.68. The van der Waals surface area contributed by atoms with E-state index in [4.69, 9.17) is 62.4 Å². The summed E-state index contributed by atoms with van der Waals surface area (Å²) in [4.78, 5) is 56.9. The maximum atomic E-state index is 13.3. The summed E-state index contributed by atoms with van der Waals surface area (Å²) < 4.78 is 50.4. The summed E-state index contributed by atoms with van der Waals surface area (Å²) in [5.41, 5.74) is 11.5. The second-order valence-electron chi connectivity index (χ2n) is 10.9. The minimum Gasteiger partial charge on any atom is -0.387 e. The summed E-state index contributed by atoms with van der Waals surface area (Å²) in [6, 6.07) is -0.456. The van der Waals surface area contributed by atoms with E-state index in [9.17, 15) is 24.3 Å². The van der Waals surface area contributed by atoms with Gasteiger partial charge in [-0.1, -0.05) is 0 Å². The molecule has 21 nitrogen and oxygen atoms in total. The van der Waals surface area contributed by atoms with Crippen molar-refractivity contribution in [3.8, 4) is 0 Å². The van der Waals surface area contributed by atoms with Gasteiger partial charge in [0.1, 0.15) is 36.0 Å². The molecule has 8 rings (SSSR count). The number of aliphatic hydroxyl groups excluding tert-OH is 1. The molecule has 0 aromatic carbocycles. The quantitative estimate of drug-likeness (QED) is 0.108. The molecule has 4 aliphatic rings. The number of anilines is 2. The summed E-state index contributed by atoms with van der Waals surface area (Å²) >= 11 is 11.3. The van der Waals surface area contributed by atoms with Crippen molar-refractivity contribution in [3.05, 3.63) is 28.3 Å². The van der Waals surface area contributed by atoms with Gasteiger partial charge in [-0.3, -0.25) is 27.9 Å². The zero-order chi connectivity index (χ0) is 32.3. The molecular weight excluding hydrogens is 698 g/mol. The fraction of sp³-hybridized carbons (Fsp3) is 0.524. The van der Waals surface area contributed by atoms with Gasteiger partial charge in [-0.05, 0) is 23.4 Å². The molecule has 11 atom stereocenters. The lowest BCUT2D eigenvalue weighted by Crippen LogP contribution is -2.35. The van der Waals surface area contributed by atoms with Gasteiger partial charge in [0.15, 0.2) is 28.9 Å². The average molecular weight is 721 g/mol. The molecule has 0 spiro atoms. The van der Waals surface area contributed by atoms with Crippen LogP contribution in [0.5, 0.6) is 0 Å². The Morgan fingerprint density at radius 3 is 2.48 bits per heavy atom. The predicted molar refractivity (Wildman–Crippen MR) is 156 cm³/mol. The van der Waals surface area contributed by atoms with Crippen LogP contribution in [0.15, 0.2) is 17.4 Å². The molecule has 1 aliphatic carbocycles. The zero-order valence-corrected chi connectivity index (χ0v) is 26.2. The number of halogens is 1. The van der Waals surface area contributed by atoms with E-state index in [2.05, 4.69) is 29.9 Å². The van der Waals surface area contributed by atoms with Crippen LogP contribution in [0.25, 0.3) is 22.3 Å². The van der Waals surface area contributed by atoms with Gasteiger partial charge in [-0.2, -0.15) is 15.0 Å². The van der Waals surface area contributed by atoms with Crippen molar-refractivity contribution in [2.24, 2.45) is 5.92 Å². The van der Waals surface area contributed by atoms with Crippen LogP contribution in [0.1, 0.15) is 12.3 Å². The number of aromatic nitrogens is 8. The number of hydrogen-bond donors (Lipinski definition) is 6. The number of hydrogen-bond acceptors (Lipinski definition) is 17. The molecular formula is C21H23ClN10O11P2S. The highest BCUT2D eigenvalue weighted by molar-refractivity contribution is 8.07. The molecule has 1 saturated carbocycles. The van der Waals surface area contributed by atoms with Crippen molar-refractivity contribution < 1.29 is 47.0 Å². The van der Waals surface area contributed by atoms with E-state index >= 15 is 0 Å². The van der Waals surface area contributed by atoms with E-state index in [0.29, 0.717) is 11.2 Å². The lowest BCUT2D eigenvalue weighted by atomic mass is 10.1. The third-order valence-corrected chi connectivity index (χ3v) is 10.9. The second-order valence-corrected chi connectivity index (χ2v) is 15.4. The number of nitrogens with zero attached hydrogens (tertiary/aromatic N) is 7. The highest BCUT2D eigenvalue weighted by Crippen LogP contribution is 2.61. The molecule has 3 aliphatic heterocycles. The standard InChI is InChI=1S/C21H23ClN10O11P2S/c22-20-27-15(23)8-16(28-20)31(3-25-8)10-7-12-6(40-13(7)10)2-39-45(37,46)43-14-11(33)5(1-38-44(35,36)42-12)41-19(14)32-4-26-9-17(32)29-21(24)30-18(9)34/h3-7,10-14,19,33H,1-2H2,(H,35,36)(H,37,46)(H2,23,27,28)(H3,24,29,30,34)/t5-,6-,7?,10+,11?,12?,13?,14?,19-,45?/m1/s1. The number of rotatable bonds is 2. The van der Waals surface area contributed by atoms with E-state index in [1.54, 1.807) is 4.57 Å². The van der Waals surface area contributed by atoms with Gasteiger partial charge in [-0.15, -0.1) is 0 Å². The van der Waals surface area contributed by atoms with Crippen molar-refractivity contribution in [1.29, 1.82) is 0 Å². The largest absolute Gasteiger partial charge is 0.472 e. The molecule has 4 aromatic heterocycles. The van der Waals surface area contributed by atoms with Crippen LogP contribution in [-0.4, -0.2) is 104 Å². The van der Waals surface area contributed by atoms with Crippen LogP contribution in [0.3, 0.4) is 0 Å². The van der Waals surface area contributed by atoms with Crippen LogP contribution >= 0.6 is 26.1 Å². The highest BCUT2D eigenvalue weighted by atomic mass is 35.5. The first-order chi connectivity index (χ1) is 21.8. The molecule has 3 saturated heterocycles. The molecule has 7 unspecified atom stereocenters. The third-order valence-electron chi connectivity index (χ3n) is 8.14. The van der Waals surface area contributed by atoms with Crippen LogP contribution in [0.4, 0.5) is 11.8 Å². The number of nitrogens with two attached hydrogens (primary N) is 2. The van der Waals surface area contributed by atoms with Crippen LogP contribution in [0, 0.1) is 5.92 Å². The van der Waals surface area contributed by atoms with Crippen molar-refractivity contribution in [2.45, 2.75) is 48.9 Å². The maximum absolute atomic E-state index is 13.3. The van der Waals surface area contributed by atoms with Crippen LogP contribution < -0.4 is 17.0 Å². The summed E-state index contributed by atoms with van der Waals surface area (Å²) in [6.45, 7) is -5.26. The summed E-state index contributed by atoms with van der Waals surface area (Å²) in [5.74, 6) is -0.670. The first-order valence-electron chi connectivity index (χ1n) is 13.5. The molecule has 0 radical (unpaired) electrons. The number of phosphoric acid groups is 1. The number of nitrogens with one attached hydrogen (secondary N) is 1. The Hall–Kier alpha value is -2.69. The van der Waals surface area contributed by atoms with Gasteiger partial charge >= 0.3 is 14.5 Å². The van der Waals surface area contributed by atoms with E-state index in [-0.39, 0.29) is 28.2 Å². The number of nitrogen functional groups attached to an aromatic ring is 2. The minimum absolute atomic E-state index is 0.0314. The lowest BCUT2D eigenvalue weighted by molar-refractivity contribution is -0.0646. The fourth-order valence-electron chi connectivity index (χ4n) is 6.14. The van der Waals surface area contributed by atoms with E-state index in [1.165, 1.54) is 17.2 Å². The monoisotopic (exact) mass is 720 g/mol. The summed E-state index contributed by atoms with van der Waals surface area (Å²) in [7, 11) is -4.86. The molecule has 2 bridgehead atoms. The van der Waals surface area contributed by atoms with Crippen LogP contribution in [-0.2, 0) is 43.9 Å². The molecule has 0 amide bonds. The number of imidazole rings is 2. The topological polar surface area (TPSA) is 292 Å². The number of aromatic amines is 1. The van der Waals surface area contributed by atoms with Crippen molar-refractivity contribution in [1.82, 2.24) is 39.0 Å². The molecule has 7 heterocycles. The molecule has 246 valence electrons. The minimum atomic E-state index is -4.86. The number of phosphoric ester groups is 1. The predicted octanol–water partition coefficient (Wildman–Crippen LogP) is -0.892. The van der Waals surface area contributed by atoms with E-state index in [1.807, 2.05) is 0 Å². The Kier molecular flexibility index (Phi) is 7.10. The normalized spacial score (nSPS) is 39.4. The lowest BCUT2D eigenvalue weighted by Gasteiger charge is -2.29. The molecule has 4 aromatic rings. The van der Waals surface area contributed by atoms with Gasteiger partial charge < -0.3 is 44.9 Å². The Morgan fingerprint density at radius 2 is 1.67 bits per heavy atom. The molecule has 46 heavy (non-hydrogen) atoms.